The van der Waals surface area contributed by atoms with Crippen molar-refractivity contribution in [1.29, 1.82) is 0 Å². The lowest BCUT2D eigenvalue weighted by atomic mass is 10.1. The summed E-state index contributed by atoms with van der Waals surface area (Å²) in [6.45, 7) is 1.89. The van der Waals surface area contributed by atoms with E-state index in [1.807, 2.05) is 24.3 Å². The van der Waals surface area contributed by atoms with E-state index < -0.39 is 0 Å². The molecule has 1 aromatic carbocycles. The highest BCUT2D eigenvalue weighted by molar-refractivity contribution is 5.50. The van der Waals surface area contributed by atoms with Crippen LogP contribution < -0.4 is 15.0 Å². The van der Waals surface area contributed by atoms with Gasteiger partial charge in [-0.2, -0.15) is 0 Å². The molecule has 6 heteroatoms. The van der Waals surface area contributed by atoms with Crippen molar-refractivity contribution in [2.45, 2.75) is 25.3 Å². The van der Waals surface area contributed by atoms with Crippen molar-refractivity contribution < 1.29 is 9.84 Å². The fourth-order valence-electron chi connectivity index (χ4n) is 3.09. The molecule has 0 spiro atoms. The molecule has 24 heavy (non-hydrogen) atoms. The van der Waals surface area contributed by atoms with Crippen LogP contribution in [-0.4, -0.2) is 47.9 Å². The number of hydrogen-bond donors (Lipinski definition) is 2. The number of hydrogen-bond acceptors (Lipinski definition) is 6. The Bertz CT molecular complexity index is 665. The van der Waals surface area contributed by atoms with E-state index in [0.717, 1.165) is 49.7 Å². The van der Waals surface area contributed by atoms with Crippen LogP contribution in [0.1, 0.15) is 18.4 Å². The monoisotopic (exact) mass is 328 g/mol. The number of aromatic nitrogens is 2. The second-order valence-electron chi connectivity index (χ2n) is 5.96. The molecule has 1 fully saturated rings. The van der Waals surface area contributed by atoms with Crippen LogP contribution in [0, 0.1) is 0 Å². The van der Waals surface area contributed by atoms with Gasteiger partial charge in [0.25, 0.3) is 0 Å². The summed E-state index contributed by atoms with van der Waals surface area (Å²) in [6.07, 6.45) is 4.57. The van der Waals surface area contributed by atoms with Crippen molar-refractivity contribution in [3.63, 3.8) is 0 Å². The molecule has 0 saturated carbocycles. The van der Waals surface area contributed by atoms with Gasteiger partial charge in [0, 0.05) is 19.2 Å². The number of aliphatic hydroxyl groups is 1. The van der Waals surface area contributed by atoms with Crippen LogP contribution in [0.3, 0.4) is 0 Å². The Labute approximate surface area is 142 Å². The molecule has 2 N–H and O–H groups in total. The van der Waals surface area contributed by atoms with Gasteiger partial charge in [-0.25, -0.2) is 9.97 Å². The maximum absolute atomic E-state index is 9.47. The Morgan fingerprint density at radius 2 is 2.25 bits per heavy atom. The van der Waals surface area contributed by atoms with Crippen LogP contribution in [0.4, 0.5) is 11.6 Å². The summed E-state index contributed by atoms with van der Waals surface area (Å²) in [5.41, 5.74) is 1.22. The van der Waals surface area contributed by atoms with E-state index in [2.05, 4.69) is 26.3 Å². The summed E-state index contributed by atoms with van der Waals surface area (Å²) in [5, 5.41) is 12.8. The predicted octanol–water partition coefficient (Wildman–Crippen LogP) is 2.10. The first-order valence-electron chi connectivity index (χ1n) is 8.36. The van der Waals surface area contributed by atoms with Gasteiger partial charge in [-0.15, -0.1) is 0 Å². The summed E-state index contributed by atoms with van der Waals surface area (Å²) in [5.74, 6) is 2.57. The molecule has 0 bridgehead atoms. The van der Waals surface area contributed by atoms with Crippen molar-refractivity contribution in [3.8, 4) is 5.75 Å². The summed E-state index contributed by atoms with van der Waals surface area (Å²) >= 11 is 0. The van der Waals surface area contributed by atoms with Gasteiger partial charge in [-0.05, 0) is 37.0 Å². The minimum absolute atomic E-state index is 0.169. The number of rotatable bonds is 7. The van der Waals surface area contributed by atoms with Crippen LogP contribution >= 0.6 is 0 Å². The van der Waals surface area contributed by atoms with Crippen molar-refractivity contribution in [2.75, 3.05) is 37.0 Å². The van der Waals surface area contributed by atoms with Crippen LogP contribution in [0.25, 0.3) is 0 Å². The molecule has 1 aliphatic heterocycles. The molecule has 1 atom stereocenters. The molecule has 0 amide bonds. The van der Waals surface area contributed by atoms with Crippen molar-refractivity contribution in [2.24, 2.45) is 0 Å². The molecule has 0 radical (unpaired) electrons. The average Bonchev–Trinajstić information content (AvgIpc) is 3.11. The number of anilines is 2. The highest BCUT2D eigenvalue weighted by Gasteiger charge is 2.25. The smallest absolute Gasteiger partial charge is 0.134 e. The number of methoxy groups -OCH3 is 1. The fourth-order valence-corrected chi connectivity index (χ4v) is 3.09. The molecule has 0 aliphatic carbocycles. The standard InChI is InChI=1S/C18H24N4O2/c1-24-16-6-2-4-14(10-16)7-8-19-17-11-18(21-13-20-17)22-9-3-5-15(22)12-23/h2,4,6,10-11,13,15,23H,3,5,7-9,12H2,1H3,(H,19,20,21)/t15-/m1/s1. The van der Waals surface area contributed by atoms with E-state index in [4.69, 9.17) is 4.74 Å². The SMILES string of the molecule is COc1cccc(CCNc2cc(N3CCC[C@@H]3CO)ncn2)c1. The molecule has 2 heterocycles. The third kappa shape index (κ3) is 3.94. The zero-order chi connectivity index (χ0) is 16.8. The summed E-state index contributed by atoms with van der Waals surface area (Å²) < 4.78 is 5.25. The van der Waals surface area contributed by atoms with E-state index in [-0.39, 0.29) is 12.6 Å². The molecule has 3 rings (SSSR count). The number of aliphatic hydroxyl groups excluding tert-OH is 1. The predicted molar refractivity (Wildman–Crippen MR) is 94.7 cm³/mol. The topological polar surface area (TPSA) is 70.5 Å². The molecule has 6 nitrogen and oxygen atoms in total. The van der Waals surface area contributed by atoms with Gasteiger partial charge in [0.1, 0.15) is 23.7 Å². The van der Waals surface area contributed by atoms with Crippen molar-refractivity contribution in [3.05, 3.63) is 42.2 Å². The third-order valence-corrected chi connectivity index (χ3v) is 4.39. The van der Waals surface area contributed by atoms with Gasteiger partial charge in [-0.1, -0.05) is 12.1 Å². The zero-order valence-corrected chi connectivity index (χ0v) is 14.0. The lowest BCUT2D eigenvalue weighted by Crippen LogP contribution is -2.32. The highest BCUT2D eigenvalue weighted by Crippen LogP contribution is 2.24. The van der Waals surface area contributed by atoms with Crippen LogP contribution in [0.15, 0.2) is 36.7 Å². The van der Waals surface area contributed by atoms with Crippen LogP contribution in [0.5, 0.6) is 5.75 Å². The second-order valence-corrected chi connectivity index (χ2v) is 5.96. The average molecular weight is 328 g/mol. The number of benzene rings is 1. The Hall–Kier alpha value is -2.34. The normalized spacial score (nSPS) is 17.1. The Kier molecular flexibility index (Phi) is 5.48. The van der Waals surface area contributed by atoms with Crippen LogP contribution in [-0.2, 0) is 6.42 Å². The van der Waals surface area contributed by atoms with E-state index in [1.54, 1.807) is 13.4 Å². The molecular weight excluding hydrogens is 304 g/mol. The minimum atomic E-state index is 0.169. The maximum Gasteiger partial charge on any atom is 0.134 e. The first-order valence-corrected chi connectivity index (χ1v) is 8.36. The first kappa shape index (κ1) is 16.5. The Morgan fingerprint density at radius 1 is 1.33 bits per heavy atom. The van der Waals surface area contributed by atoms with Crippen LogP contribution in [0.2, 0.25) is 0 Å². The number of nitrogens with zero attached hydrogens (tertiary/aromatic N) is 3. The van der Waals surface area contributed by atoms with E-state index >= 15 is 0 Å². The summed E-state index contributed by atoms with van der Waals surface area (Å²) in [4.78, 5) is 10.8. The van der Waals surface area contributed by atoms with Gasteiger partial charge in [0.2, 0.25) is 0 Å². The maximum atomic E-state index is 9.47. The highest BCUT2D eigenvalue weighted by atomic mass is 16.5. The number of nitrogens with one attached hydrogen (secondary N) is 1. The lowest BCUT2D eigenvalue weighted by molar-refractivity contribution is 0.266. The quantitative estimate of drug-likeness (QED) is 0.811. The fraction of sp³-hybridized carbons (Fsp3) is 0.444. The Morgan fingerprint density at radius 3 is 3.08 bits per heavy atom. The van der Waals surface area contributed by atoms with E-state index in [1.165, 1.54) is 5.56 Å². The molecule has 1 aliphatic rings. The van der Waals surface area contributed by atoms with Gasteiger partial charge in [0.15, 0.2) is 0 Å². The lowest BCUT2D eigenvalue weighted by Gasteiger charge is -2.24. The minimum Gasteiger partial charge on any atom is -0.497 e. The van der Waals surface area contributed by atoms with E-state index in [0.29, 0.717) is 0 Å². The third-order valence-electron chi connectivity index (χ3n) is 4.39. The molecule has 2 aromatic rings. The van der Waals surface area contributed by atoms with Gasteiger partial charge < -0.3 is 20.1 Å². The van der Waals surface area contributed by atoms with Crippen molar-refractivity contribution >= 4 is 11.6 Å². The molecule has 128 valence electrons. The number of ether oxygens (including phenoxy) is 1. The summed E-state index contributed by atoms with van der Waals surface area (Å²) in [6, 6.07) is 10.2. The van der Waals surface area contributed by atoms with Crippen molar-refractivity contribution in [1.82, 2.24) is 9.97 Å². The van der Waals surface area contributed by atoms with Gasteiger partial charge in [-0.3, -0.25) is 0 Å². The Balaban J connectivity index is 1.58. The molecular formula is C18H24N4O2. The molecule has 0 unspecified atom stereocenters. The zero-order valence-electron chi connectivity index (χ0n) is 14.0. The van der Waals surface area contributed by atoms with E-state index in [9.17, 15) is 5.11 Å². The molecule has 1 saturated heterocycles. The molecule has 1 aromatic heterocycles. The second kappa shape index (κ2) is 7.97. The summed E-state index contributed by atoms with van der Waals surface area (Å²) in [7, 11) is 1.68. The van der Waals surface area contributed by atoms with Gasteiger partial charge in [0.05, 0.1) is 19.8 Å². The largest absolute Gasteiger partial charge is 0.497 e. The van der Waals surface area contributed by atoms with Gasteiger partial charge >= 0.3 is 0 Å². The first-order chi connectivity index (χ1) is 11.8.